The molecule has 0 aliphatic carbocycles. The van der Waals surface area contributed by atoms with E-state index in [0.717, 1.165) is 11.3 Å². The number of benzene rings is 2. The third kappa shape index (κ3) is 5.37. The Morgan fingerprint density at radius 1 is 1.04 bits per heavy atom. The number of hydrogen-bond acceptors (Lipinski definition) is 6. The molecule has 0 heterocycles. The van der Waals surface area contributed by atoms with Crippen LogP contribution in [-0.4, -0.2) is 39.5 Å². The van der Waals surface area contributed by atoms with Crippen LogP contribution in [0.5, 0.6) is 17.2 Å². The van der Waals surface area contributed by atoms with Gasteiger partial charge in [0, 0.05) is 11.3 Å². The molecule has 1 amide bonds. The van der Waals surface area contributed by atoms with Gasteiger partial charge in [-0.05, 0) is 38.1 Å². The van der Waals surface area contributed by atoms with Crippen molar-refractivity contribution >= 4 is 17.8 Å². The first kappa shape index (κ1) is 20.1. The van der Waals surface area contributed by atoms with Gasteiger partial charge in [0.2, 0.25) is 5.75 Å². The van der Waals surface area contributed by atoms with Gasteiger partial charge >= 0.3 is 0 Å². The van der Waals surface area contributed by atoms with Crippen molar-refractivity contribution in [1.29, 1.82) is 0 Å². The lowest BCUT2D eigenvalue weighted by atomic mass is 10.2. The molecule has 7 nitrogen and oxygen atoms in total. The molecule has 2 aromatic rings. The molecule has 0 aliphatic heterocycles. The molecule has 2 N–H and O–H groups in total. The Morgan fingerprint density at radius 3 is 2.15 bits per heavy atom. The van der Waals surface area contributed by atoms with Crippen LogP contribution in [0.2, 0.25) is 0 Å². The van der Waals surface area contributed by atoms with Gasteiger partial charge in [0.05, 0.1) is 27.5 Å². The zero-order valence-electron chi connectivity index (χ0n) is 16.2. The molecule has 0 saturated heterocycles. The number of hydrazone groups is 1. The minimum Gasteiger partial charge on any atom is -0.493 e. The van der Waals surface area contributed by atoms with Crippen molar-refractivity contribution in [2.45, 2.75) is 19.9 Å². The number of anilines is 1. The molecule has 0 saturated carbocycles. The zero-order chi connectivity index (χ0) is 19.8. The second-order valence-corrected chi connectivity index (χ2v) is 5.92. The second kappa shape index (κ2) is 9.47. The Balaban J connectivity index is 2.01. The predicted octanol–water partition coefficient (Wildman–Crippen LogP) is 2.97. The predicted molar refractivity (Wildman–Crippen MR) is 106 cm³/mol. The highest BCUT2D eigenvalue weighted by Crippen LogP contribution is 2.37. The Hall–Kier alpha value is -3.22. The van der Waals surface area contributed by atoms with E-state index in [2.05, 4.69) is 15.8 Å². The van der Waals surface area contributed by atoms with Crippen molar-refractivity contribution in [2.24, 2.45) is 5.10 Å². The first-order chi connectivity index (χ1) is 13.0. The maximum atomic E-state index is 12.2. The normalized spacial score (nSPS) is 11.7. The van der Waals surface area contributed by atoms with E-state index in [1.54, 1.807) is 33.3 Å². The summed E-state index contributed by atoms with van der Waals surface area (Å²) in [6, 6.07) is 10.9. The Bertz CT molecular complexity index is 778. The number of amides is 1. The number of methoxy groups -OCH3 is 3. The molecular weight excluding hydrogens is 346 g/mol. The number of hydrogen-bond donors (Lipinski definition) is 2. The SMILES string of the molecule is COc1cc(/C=N\NC(=O)[C@H](C)Nc2ccc(C)cc2)cc(OC)c1OC. The molecule has 0 bridgehead atoms. The number of rotatable bonds is 8. The van der Waals surface area contributed by atoms with Gasteiger partial charge in [0.1, 0.15) is 6.04 Å². The average Bonchev–Trinajstić information content (AvgIpc) is 2.68. The fraction of sp³-hybridized carbons (Fsp3) is 0.300. The number of aryl methyl sites for hydroxylation is 1. The van der Waals surface area contributed by atoms with E-state index in [0.29, 0.717) is 22.8 Å². The number of nitrogens with one attached hydrogen (secondary N) is 2. The summed E-state index contributed by atoms with van der Waals surface area (Å²) in [7, 11) is 4.62. The average molecular weight is 371 g/mol. The largest absolute Gasteiger partial charge is 0.493 e. The minimum absolute atomic E-state index is 0.251. The fourth-order valence-electron chi connectivity index (χ4n) is 2.41. The summed E-state index contributed by atoms with van der Waals surface area (Å²) in [6.45, 7) is 3.78. The van der Waals surface area contributed by atoms with Gasteiger partial charge < -0.3 is 19.5 Å². The van der Waals surface area contributed by atoms with Crippen LogP contribution >= 0.6 is 0 Å². The van der Waals surface area contributed by atoms with Gasteiger partial charge in [0.25, 0.3) is 5.91 Å². The lowest BCUT2D eigenvalue weighted by molar-refractivity contribution is -0.121. The molecule has 0 aliphatic rings. The van der Waals surface area contributed by atoms with E-state index in [1.807, 2.05) is 31.2 Å². The van der Waals surface area contributed by atoms with Gasteiger partial charge in [-0.3, -0.25) is 4.79 Å². The van der Waals surface area contributed by atoms with E-state index in [-0.39, 0.29) is 5.91 Å². The smallest absolute Gasteiger partial charge is 0.262 e. The third-order valence-corrected chi connectivity index (χ3v) is 3.90. The molecule has 2 aromatic carbocycles. The molecule has 0 aromatic heterocycles. The van der Waals surface area contributed by atoms with Crippen LogP contribution in [0.15, 0.2) is 41.5 Å². The van der Waals surface area contributed by atoms with E-state index in [1.165, 1.54) is 13.3 Å². The maximum absolute atomic E-state index is 12.2. The Morgan fingerprint density at radius 2 is 1.63 bits per heavy atom. The summed E-state index contributed by atoms with van der Waals surface area (Å²) in [5.74, 6) is 1.27. The van der Waals surface area contributed by atoms with Crippen molar-refractivity contribution < 1.29 is 19.0 Å². The van der Waals surface area contributed by atoms with Crippen LogP contribution in [0.3, 0.4) is 0 Å². The number of nitrogens with zero attached hydrogens (tertiary/aromatic N) is 1. The first-order valence-corrected chi connectivity index (χ1v) is 8.44. The van der Waals surface area contributed by atoms with Crippen LogP contribution in [0.25, 0.3) is 0 Å². The first-order valence-electron chi connectivity index (χ1n) is 8.44. The van der Waals surface area contributed by atoms with Gasteiger partial charge in [-0.15, -0.1) is 0 Å². The number of carbonyl (C=O) groups excluding carboxylic acids is 1. The van der Waals surface area contributed by atoms with E-state index >= 15 is 0 Å². The van der Waals surface area contributed by atoms with E-state index in [9.17, 15) is 4.79 Å². The number of carbonyl (C=O) groups is 1. The molecule has 7 heteroatoms. The highest BCUT2D eigenvalue weighted by atomic mass is 16.5. The second-order valence-electron chi connectivity index (χ2n) is 5.92. The molecule has 0 unspecified atom stereocenters. The topological polar surface area (TPSA) is 81.2 Å². The lowest BCUT2D eigenvalue weighted by Crippen LogP contribution is -2.34. The molecule has 0 spiro atoms. The minimum atomic E-state index is -0.440. The monoisotopic (exact) mass is 371 g/mol. The molecular formula is C20H25N3O4. The van der Waals surface area contributed by atoms with Crippen molar-refractivity contribution in [3.8, 4) is 17.2 Å². The molecule has 1 atom stereocenters. The summed E-state index contributed by atoms with van der Waals surface area (Å²) in [6.07, 6.45) is 1.51. The molecule has 27 heavy (non-hydrogen) atoms. The zero-order valence-corrected chi connectivity index (χ0v) is 16.2. The Labute approximate surface area is 159 Å². The van der Waals surface area contributed by atoms with Crippen LogP contribution in [0, 0.1) is 6.92 Å². The fourth-order valence-corrected chi connectivity index (χ4v) is 2.41. The molecule has 0 fully saturated rings. The van der Waals surface area contributed by atoms with Crippen molar-refractivity contribution in [3.63, 3.8) is 0 Å². The maximum Gasteiger partial charge on any atom is 0.262 e. The van der Waals surface area contributed by atoms with E-state index in [4.69, 9.17) is 14.2 Å². The van der Waals surface area contributed by atoms with Gasteiger partial charge in [-0.2, -0.15) is 5.10 Å². The summed E-state index contributed by atoms with van der Waals surface area (Å²) < 4.78 is 15.9. The summed E-state index contributed by atoms with van der Waals surface area (Å²) in [5.41, 5.74) is 5.25. The highest BCUT2D eigenvalue weighted by Gasteiger charge is 2.13. The highest BCUT2D eigenvalue weighted by molar-refractivity contribution is 5.87. The molecule has 0 radical (unpaired) electrons. The van der Waals surface area contributed by atoms with Crippen molar-refractivity contribution in [1.82, 2.24) is 5.43 Å². The third-order valence-electron chi connectivity index (χ3n) is 3.90. The summed E-state index contributed by atoms with van der Waals surface area (Å²) >= 11 is 0. The quantitative estimate of drug-likeness (QED) is 0.551. The van der Waals surface area contributed by atoms with Crippen LogP contribution in [0.4, 0.5) is 5.69 Å². The summed E-state index contributed by atoms with van der Waals surface area (Å²) in [5, 5.41) is 7.13. The van der Waals surface area contributed by atoms with Crippen LogP contribution < -0.4 is 25.0 Å². The molecule has 144 valence electrons. The van der Waals surface area contributed by atoms with Crippen molar-refractivity contribution in [2.75, 3.05) is 26.6 Å². The van der Waals surface area contributed by atoms with Gasteiger partial charge in [-0.25, -0.2) is 5.43 Å². The Kier molecular flexibility index (Phi) is 7.05. The van der Waals surface area contributed by atoms with E-state index < -0.39 is 6.04 Å². The van der Waals surface area contributed by atoms with Crippen LogP contribution in [0.1, 0.15) is 18.1 Å². The standard InChI is InChI=1S/C20H25N3O4/c1-13-6-8-16(9-7-13)22-14(2)20(24)23-21-12-15-10-17(25-3)19(27-5)18(11-15)26-4/h6-12,14,22H,1-5H3,(H,23,24)/b21-12-/t14-/m0/s1. The summed E-state index contributed by atoms with van der Waals surface area (Å²) in [4.78, 5) is 12.2. The van der Waals surface area contributed by atoms with Gasteiger partial charge in [0.15, 0.2) is 11.5 Å². The molecule has 2 rings (SSSR count). The van der Waals surface area contributed by atoms with Crippen LogP contribution in [-0.2, 0) is 4.79 Å². The number of ether oxygens (including phenoxy) is 3. The van der Waals surface area contributed by atoms with Crippen molar-refractivity contribution in [3.05, 3.63) is 47.5 Å². The van der Waals surface area contributed by atoms with Gasteiger partial charge in [-0.1, -0.05) is 17.7 Å². The lowest BCUT2D eigenvalue weighted by Gasteiger charge is -2.14.